The van der Waals surface area contributed by atoms with Crippen LogP contribution in [-0.4, -0.2) is 21.1 Å². The van der Waals surface area contributed by atoms with Crippen molar-refractivity contribution in [2.45, 2.75) is 23.7 Å². The third-order valence-corrected chi connectivity index (χ3v) is 8.83. The molecule has 4 rings (SSSR count). The second kappa shape index (κ2) is 8.65. The first kappa shape index (κ1) is 22.5. The van der Waals surface area contributed by atoms with Crippen molar-refractivity contribution in [1.29, 1.82) is 0 Å². The van der Waals surface area contributed by atoms with Crippen LogP contribution in [0.1, 0.15) is 18.2 Å². The Labute approximate surface area is 188 Å². The van der Waals surface area contributed by atoms with Gasteiger partial charge >= 0.3 is 6.18 Å². The Morgan fingerprint density at radius 1 is 1.03 bits per heavy atom. The Bertz CT molecular complexity index is 1180. The van der Waals surface area contributed by atoms with E-state index in [0.29, 0.717) is 4.47 Å². The van der Waals surface area contributed by atoms with Gasteiger partial charge in [0.25, 0.3) is 10.0 Å². The van der Waals surface area contributed by atoms with Gasteiger partial charge in [-0.2, -0.15) is 24.2 Å². The number of hydrogen-bond donors (Lipinski definition) is 4. The summed E-state index contributed by atoms with van der Waals surface area (Å²) in [7, 11) is -4.25. The van der Waals surface area contributed by atoms with Gasteiger partial charge in [0.1, 0.15) is 11.2 Å². The molecule has 166 valence electrons. The molecule has 31 heavy (non-hydrogen) atoms. The Kier molecular flexibility index (Phi) is 6.27. The molecule has 13 heteroatoms. The van der Waals surface area contributed by atoms with Gasteiger partial charge in [0.2, 0.25) is 0 Å². The summed E-state index contributed by atoms with van der Waals surface area (Å²) < 4.78 is 67.8. The van der Waals surface area contributed by atoms with E-state index in [2.05, 4.69) is 37.9 Å². The first-order valence-electron chi connectivity index (χ1n) is 9.04. The predicted molar refractivity (Wildman–Crippen MR) is 116 cm³/mol. The minimum atomic E-state index is -4.50. The minimum Gasteiger partial charge on any atom is -0.256 e. The molecule has 7 nitrogen and oxygen atoms in total. The molecule has 0 saturated carbocycles. The number of hydrogen-bond acceptors (Lipinski definition) is 7. The fourth-order valence-corrected chi connectivity index (χ4v) is 6.96. The third kappa shape index (κ3) is 4.72. The molecule has 1 fully saturated rings. The summed E-state index contributed by atoms with van der Waals surface area (Å²) in [5.74, 6) is 0. The van der Waals surface area contributed by atoms with E-state index in [1.54, 1.807) is 36.4 Å². The molecule has 1 aromatic heterocycles. The van der Waals surface area contributed by atoms with Crippen LogP contribution < -0.4 is 26.2 Å². The molecule has 0 radical (unpaired) electrons. The summed E-state index contributed by atoms with van der Waals surface area (Å²) in [5, 5.41) is 0.950. The van der Waals surface area contributed by atoms with Crippen LogP contribution in [-0.2, 0) is 10.0 Å². The van der Waals surface area contributed by atoms with Crippen molar-refractivity contribution in [2.24, 2.45) is 0 Å². The second-order valence-corrected chi connectivity index (χ2v) is 10.4. The van der Waals surface area contributed by atoms with Crippen molar-refractivity contribution < 1.29 is 21.6 Å². The average molecular weight is 536 g/mol. The van der Waals surface area contributed by atoms with Gasteiger partial charge in [-0.1, -0.05) is 30.3 Å². The maximum atomic E-state index is 13.4. The monoisotopic (exact) mass is 535 g/mol. The van der Waals surface area contributed by atoms with Crippen LogP contribution in [0.25, 0.3) is 10.1 Å². The standard InChI is InChI=1S/C18H17BrF3N5O2S2/c19-15-13-3-1-2-4-14(13)30-17(15)27(10-9-18(20,21)22)31(28,29)12-7-5-11(6-8-12)16-23-25-26-24-16/h1-8,16,23-26H,9-10H2. The van der Waals surface area contributed by atoms with Gasteiger partial charge in [-0.05, 0) is 39.7 Å². The Morgan fingerprint density at radius 2 is 1.68 bits per heavy atom. The van der Waals surface area contributed by atoms with Gasteiger partial charge in [0.15, 0.2) is 0 Å². The summed E-state index contributed by atoms with van der Waals surface area (Å²) in [6.07, 6.45) is -6.06. The second-order valence-electron chi connectivity index (χ2n) is 6.70. The zero-order valence-electron chi connectivity index (χ0n) is 15.7. The molecule has 0 spiro atoms. The lowest BCUT2D eigenvalue weighted by Gasteiger charge is -2.24. The highest BCUT2D eigenvalue weighted by Crippen LogP contribution is 2.44. The van der Waals surface area contributed by atoms with E-state index in [-0.39, 0.29) is 16.1 Å². The number of nitrogens with zero attached hydrogens (tertiary/aromatic N) is 1. The maximum Gasteiger partial charge on any atom is 0.390 e. The highest BCUT2D eigenvalue weighted by molar-refractivity contribution is 9.10. The van der Waals surface area contributed by atoms with Crippen molar-refractivity contribution in [3.63, 3.8) is 0 Å². The number of benzene rings is 2. The van der Waals surface area contributed by atoms with E-state index >= 15 is 0 Å². The van der Waals surface area contributed by atoms with Crippen LogP contribution in [0.3, 0.4) is 0 Å². The molecule has 1 aliphatic heterocycles. The molecular weight excluding hydrogens is 519 g/mol. The summed E-state index contributed by atoms with van der Waals surface area (Å²) in [6, 6.07) is 13.1. The van der Waals surface area contributed by atoms with Gasteiger partial charge < -0.3 is 0 Å². The number of sulfonamides is 1. The molecule has 0 bridgehead atoms. The fraction of sp³-hybridized carbons (Fsp3) is 0.222. The highest BCUT2D eigenvalue weighted by atomic mass is 79.9. The number of fused-ring (bicyclic) bond motifs is 1. The number of rotatable bonds is 6. The normalized spacial score (nSPS) is 15.6. The van der Waals surface area contributed by atoms with Crippen molar-refractivity contribution in [1.82, 2.24) is 21.9 Å². The first-order chi connectivity index (χ1) is 14.7. The van der Waals surface area contributed by atoms with E-state index < -0.39 is 29.2 Å². The molecule has 2 aromatic carbocycles. The van der Waals surface area contributed by atoms with E-state index in [0.717, 1.165) is 31.3 Å². The Balaban J connectivity index is 1.73. The first-order valence-corrected chi connectivity index (χ1v) is 12.1. The summed E-state index contributed by atoms with van der Waals surface area (Å²) >= 11 is 4.51. The Morgan fingerprint density at radius 3 is 2.29 bits per heavy atom. The smallest absolute Gasteiger partial charge is 0.256 e. The van der Waals surface area contributed by atoms with E-state index in [4.69, 9.17) is 0 Å². The maximum absolute atomic E-state index is 13.4. The zero-order chi connectivity index (χ0) is 22.2. The van der Waals surface area contributed by atoms with Crippen LogP contribution in [0.2, 0.25) is 0 Å². The summed E-state index contributed by atoms with van der Waals surface area (Å²) in [4.78, 5) is -0.0957. The largest absolute Gasteiger partial charge is 0.390 e. The molecule has 1 aliphatic rings. The van der Waals surface area contributed by atoms with E-state index in [1.165, 1.54) is 12.1 Å². The lowest BCUT2D eigenvalue weighted by atomic mass is 10.2. The van der Waals surface area contributed by atoms with Crippen LogP contribution in [0.15, 0.2) is 57.9 Å². The topological polar surface area (TPSA) is 85.5 Å². The average Bonchev–Trinajstić information content (AvgIpc) is 3.37. The molecule has 1 saturated heterocycles. The summed E-state index contributed by atoms with van der Waals surface area (Å²) in [5.41, 5.74) is 11.8. The molecular formula is C18H17BrF3N5O2S2. The number of alkyl halides is 3. The predicted octanol–water partition coefficient (Wildman–Crippen LogP) is 3.93. The molecule has 0 amide bonds. The third-order valence-electron chi connectivity index (χ3n) is 4.64. The van der Waals surface area contributed by atoms with Crippen LogP contribution in [0, 0.1) is 0 Å². The van der Waals surface area contributed by atoms with E-state index in [1.807, 2.05) is 0 Å². The van der Waals surface area contributed by atoms with Crippen molar-refractivity contribution in [3.05, 3.63) is 58.6 Å². The number of thiophene rings is 1. The number of nitrogens with one attached hydrogen (secondary N) is 4. The number of hydrazine groups is 3. The molecule has 0 aliphatic carbocycles. The molecule has 2 heterocycles. The highest BCUT2D eigenvalue weighted by Gasteiger charge is 2.34. The van der Waals surface area contributed by atoms with Gasteiger partial charge in [-0.3, -0.25) is 4.31 Å². The molecule has 0 unspecified atom stereocenters. The Hall–Kier alpha value is -1.74. The van der Waals surface area contributed by atoms with E-state index in [9.17, 15) is 21.6 Å². The molecule has 4 N–H and O–H groups in total. The SMILES string of the molecule is O=S(=O)(c1ccc(C2NNNN2)cc1)N(CCC(F)(F)F)c1sc2ccccc2c1Br. The minimum absolute atomic E-state index is 0.0957. The number of halogens is 4. The van der Waals surface area contributed by atoms with Crippen LogP contribution >= 0.6 is 27.3 Å². The molecule has 0 atom stereocenters. The summed E-state index contributed by atoms with van der Waals surface area (Å²) in [6.45, 7) is -0.724. The fourth-order valence-electron chi connectivity index (χ4n) is 3.10. The van der Waals surface area contributed by atoms with Gasteiger partial charge in [-0.25, -0.2) is 19.3 Å². The zero-order valence-corrected chi connectivity index (χ0v) is 18.9. The quantitative estimate of drug-likeness (QED) is 0.382. The van der Waals surface area contributed by atoms with Crippen molar-refractivity contribution >= 4 is 52.4 Å². The van der Waals surface area contributed by atoms with Crippen LogP contribution in [0.5, 0.6) is 0 Å². The van der Waals surface area contributed by atoms with Gasteiger partial charge in [0.05, 0.1) is 15.8 Å². The van der Waals surface area contributed by atoms with Crippen molar-refractivity contribution in [2.75, 3.05) is 10.8 Å². The lowest BCUT2D eigenvalue weighted by Crippen LogP contribution is -2.34. The lowest BCUT2D eigenvalue weighted by molar-refractivity contribution is -0.131. The van der Waals surface area contributed by atoms with Crippen LogP contribution in [0.4, 0.5) is 18.2 Å². The molecule has 3 aromatic rings. The van der Waals surface area contributed by atoms with Crippen molar-refractivity contribution in [3.8, 4) is 0 Å². The number of anilines is 1. The van der Waals surface area contributed by atoms with Gasteiger partial charge in [-0.15, -0.1) is 11.3 Å². The van der Waals surface area contributed by atoms with Gasteiger partial charge in [0, 0.05) is 16.6 Å².